The third-order valence-corrected chi connectivity index (χ3v) is 3.07. The molecule has 0 aliphatic carbocycles. The third-order valence-electron chi connectivity index (χ3n) is 2.30. The number of rotatable bonds is 3. The van der Waals surface area contributed by atoms with E-state index in [-0.39, 0.29) is 0 Å². The molecular weight excluding hydrogens is 318 g/mol. The number of methoxy groups -OCH3 is 1. The smallest absolute Gasteiger partial charge is 0.233 e. The van der Waals surface area contributed by atoms with Crippen molar-refractivity contribution >= 4 is 27.5 Å². The second-order valence-corrected chi connectivity index (χ2v) is 4.99. The zero-order valence-corrected chi connectivity index (χ0v) is 12.2. The van der Waals surface area contributed by atoms with Crippen molar-refractivity contribution in [3.8, 4) is 17.4 Å². The van der Waals surface area contributed by atoms with E-state index >= 15 is 0 Å². The zero-order valence-electron chi connectivity index (χ0n) is 9.91. The molecule has 94 valence electrons. The molecule has 0 saturated heterocycles. The van der Waals surface area contributed by atoms with Crippen molar-refractivity contribution in [3.05, 3.63) is 45.5 Å². The van der Waals surface area contributed by atoms with E-state index in [4.69, 9.17) is 21.1 Å². The van der Waals surface area contributed by atoms with Crippen LogP contribution < -0.4 is 9.47 Å². The lowest BCUT2D eigenvalue weighted by Crippen LogP contribution is -1.93. The molecule has 0 amide bonds. The van der Waals surface area contributed by atoms with Gasteiger partial charge < -0.3 is 9.47 Å². The van der Waals surface area contributed by atoms with Gasteiger partial charge >= 0.3 is 0 Å². The fourth-order valence-corrected chi connectivity index (χ4v) is 2.16. The van der Waals surface area contributed by atoms with Crippen molar-refractivity contribution in [1.29, 1.82) is 0 Å². The van der Waals surface area contributed by atoms with Crippen LogP contribution in [0, 0.1) is 6.92 Å². The first kappa shape index (κ1) is 13.2. The van der Waals surface area contributed by atoms with Crippen LogP contribution in [0.15, 0.2) is 34.9 Å². The number of pyridine rings is 1. The van der Waals surface area contributed by atoms with Gasteiger partial charge in [0.2, 0.25) is 5.88 Å². The molecule has 0 radical (unpaired) electrons. The first-order valence-electron chi connectivity index (χ1n) is 5.23. The molecule has 18 heavy (non-hydrogen) atoms. The molecule has 1 aromatic heterocycles. The Labute approximate surface area is 119 Å². The van der Waals surface area contributed by atoms with E-state index in [1.807, 2.05) is 25.1 Å². The van der Waals surface area contributed by atoms with Gasteiger partial charge in [-0.2, -0.15) is 0 Å². The summed E-state index contributed by atoms with van der Waals surface area (Å²) < 4.78 is 11.7. The average molecular weight is 329 g/mol. The van der Waals surface area contributed by atoms with Crippen LogP contribution in [0.4, 0.5) is 0 Å². The standard InChI is InChI=1S/C13H11BrClNO2/c1-8-3-4-11(12(5-8)17-2)18-13-10(14)6-9(15)7-16-13/h3-7H,1-2H3. The van der Waals surface area contributed by atoms with Crippen LogP contribution in [0.25, 0.3) is 0 Å². The monoisotopic (exact) mass is 327 g/mol. The van der Waals surface area contributed by atoms with Crippen LogP contribution in [-0.2, 0) is 0 Å². The van der Waals surface area contributed by atoms with E-state index in [1.165, 1.54) is 6.20 Å². The minimum Gasteiger partial charge on any atom is -0.493 e. The molecule has 0 bridgehead atoms. The van der Waals surface area contributed by atoms with Crippen molar-refractivity contribution in [2.24, 2.45) is 0 Å². The van der Waals surface area contributed by atoms with E-state index in [0.29, 0.717) is 26.9 Å². The van der Waals surface area contributed by atoms with E-state index in [2.05, 4.69) is 20.9 Å². The molecule has 5 heteroatoms. The summed E-state index contributed by atoms with van der Waals surface area (Å²) in [5.41, 5.74) is 1.10. The summed E-state index contributed by atoms with van der Waals surface area (Å²) in [6.45, 7) is 1.99. The molecule has 1 heterocycles. The highest BCUT2D eigenvalue weighted by atomic mass is 79.9. The highest BCUT2D eigenvalue weighted by molar-refractivity contribution is 9.10. The quantitative estimate of drug-likeness (QED) is 0.824. The second-order valence-electron chi connectivity index (χ2n) is 3.70. The normalized spacial score (nSPS) is 10.2. The highest BCUT2D eigenvalue weighted by Gasteiger charge is 2.09. The predicted octanol–water partition coefficient (Wildman–Crippen LogP) is 4.61. The maximum absolute atomic E-state index is 5.83. The number of hydrogen-bond acceptors (Lipinski definition) is 3. The van der Waals surface area contributed by atoms with Gasteiger partial charge in [0.25, 0.3) is 0 Å². The molecule has 3 nitrogen and oxygen atoms in total. The molecular formula is C13H11BrClNO2. The molecule has 0 atom stereocenters. The summed E-state index contributed by atoms with van der Waals surface area (Å²) in [6, 6.07) is 7.42. The minimum absolute atomic E-state index is 0.446. The van der Waals surface area contributed by atoms with Gasteiger partial charge in [-0.3, -0.25) is 0 Å². The Morgan fingerprint density at radius 1 is 1.22 bits per heavy atom. The van der Waals surface area contributed by atoms with E-state index in [0.717, 1.165) is 5.56 Å². The molecule has 0 saturated carbocycles. The summed E-state index contributed by atoms with van der Waals surface area (Å²) in [7, 11) is 1.60. The van der Waals surface area contributed by atoms with Crippen molar-refractivity contribution in [1.82, 2.24) is 4.98 Å². The molecule has 0 fully saturated rings. The van der Waals surface area contributed by atoms with Gasteiger partial charge in [-0.05, 0) is 46.6 Å². The topological polar surface area (TPSA) is 31.4 Å². The van der Waals surface area contributed by atoms with Crippen molar-refractivity contribution < 1.29 is 9.47 Å². The van der Waals surface area contributed by atoms with Crippen LogP contribution in [-0.4, -0.2) is 12.1 Å². The van der Waals surface area contributed by atoms with Gasteiger partial charge in [-0.25, -0.2) is 4.98 Å². The van der Waals surface area contributed by atoms with Gasteiger partial charge in [0.1, 0.15) is 0 Å². The van der Waals surface area contributed by atoms with E-state index in [9.17, 15) is 0 Å². The molecule has 0 N–H and O–H groups in total. The number of halogens is 2. The van der Waals surface area contributed by atoms with Crippen LogP contribution in [0.5, 0.6) is 17.4 Å². The lowest BCUT2D eigenvalue weighted by atomic mass is 10.2. The highest BCUT2D eigenvalue weighted by Crippen LogP contribution is 2.35. The lowest BCUT2D eigenvalue weighted by molar-refractivity contribution is 0.373. The number of ether oxygens (including phenoxy) is 2. The number of aryl methyl sites for hydroxylation is 1. The van der Waals surface area contributed by atoms with Crippen molar-refractivity contribution in [2.75, 3.05) is 7.11 Å². The van der Waals surface area contributed by atoms with Crippen molar-refractivity contribution in [2.45, 2.75) is 6.92 Å². The molecule has 2 rings (SSSR count). The predicted molar refractivity (Wildman–Crippen MR) is 74.8 cm³/mol. The molecule has 0 aliphatic heterocycles. The number of nitrogens with zero attached hydrogens (tertiary/aromatic N) is 1. The van der Waals surface area contributed by atoms with Crippen LogP contribution >= 0.6 is 27.5 Å². The Hall–Kier alpha value is -1.26. The average Bonchev–Trinajstić information content (AvgIpc) is 2.34. The lowest BCUT2D eigenvalue weighted by Gasteiger charge is -2.11. The van der Waals surface area contributed by atoms with Crippen LogP contribution in [0.2, 0.25) is 5.02 Å². The summed E-state index contributed by atoms with van der Waals surface area (Å²) >= 11 is 9.18. The van der Waals surface area contributed by atoms with Gasteiger partial charge in [0.15, 0.2) is 11.5 Å². The van der Waals surface area contributed by atoms with Crippen LogP contribution in [0.3, 0.4) is 0 Å². The van der Waals surface area contributed by atoms with Crippen LogP contribution in [0.1, 0.15) is 5.56 Å². The summed E-state index contributed by atoms with van der Waals surface area (Å²) in [6.07, 6.45) is 1.53. The van der Waals surface area contributed by atoms with Gasteiger partial charge in [-0.1, -0.05) is 17.7 Å². The first-order chi connectivity index (χ1) is 8.60. The fourth-order valence-electron chi connectivity index (χ4n) is 1.44. The number of aromatic nitrogens is 1. The Balaban J connectivity index is 2.33. The summed E-state index contributed by atoms with van der Waals surface area (Å²) in [5.74, 6) is 1.72. The summed E-state index contributed by atoms with van der Waals surface area (Å²) in [5, 5.41) is 0.546. The third kappa shape index (κ3) is 2.94. The maximum atomic E-state index is 5.83. The van der Waals surface area contributed by atoms with Gasteiger partial charge in [0, 0.05) is 6.20 Å². The van der Waals surface area contributed by atoms with Crippen molar-refractivity contribution in [3.63, 3.8) is 0 Å². The molecule has 0 unspecified atom stereocenters. The Morgan fingerprint density at radius 3 is 2.67 bits per heavy atom. The Bertz CT molecular complexity index is 575. The van der Waals surface area contributed by atoms with Gasteiger partial charge in [0.05, 0.1) is 16.6 Å². The second kappa shape index (κ2) is 5.59. The summed E-state index contributed by atoms with van der Waals surface area (Å²) in [4.78, 5) is 4.11. The zero-order chi connectivity index (χ0) is 13.1. The Kier molecular flexibility index (Phi) is 4.09. The first-order valence-corrected chi connectivity index (χ1v) is 6.41. The number of hydrogen-bond donors (Lipinski definition) is 0. The molecule has 0 spiro atoms. The molecule has 0 aliphatic rings. The minimum atomic E-state index is 0.446. The molecule has 2 aromatic rings. The number of benzene rings is 1. The largest absolute Gasteiger partial charge is 0.493 e. The maximum Gasteiger partial charge on any atom is 0.233 e. The molecule has 1 aromatic carbocycles. The van der Waals surface area contributed by atoms with E-state index < -0.39 is 0 Å². The van der Waals surface area contributed by atoms with E-state index in [1.54, 1.807) is 13.2 Å². The van der Waals surface area contributed by atoms with Gasteiger partial charge in [-0.15, -0.1) is 0 Å². The fraction of sp³-hybridized carbons (Fsp3) is 0.154. The Morgan fingerprint density at radius 2 is 2.00 bits per heavy atom. The SMILES string of the molecule is COc1cc(C)ccc1Oc1ncc(Cl)cc1Br.